The van der Waals surface area contributed by atoms with Crippen LogP contribution in [0.25, 0.3) is 11.0 Å². The van der Waals surface area contributed by atoms with Crippen LogP contribution < -0.4 is 15.4 Å². The number of carbonyl (C=O) groups is 1. The highest BCUT2D eigenvalue weighted by Gasteiger charge is 2.33. The van der Waals surface area contributed by atoms with Crippen LogP contribution in [-0.4, -0.2) is 33.1 Å². The number of nitrogens with zero attached hydrogens (tertiary/aromatic N) is 4. The number of rotatable bonds is 5. The van der Waals surface area contributed by atoms with E-state index in [1.54, 1.807) is 24.3 Å². The molecule has 0 atom stereocenters. The topological polar surface area (TPSA) is 102 Å². The van der Waals surface area contributed by atoms with Crippen LogP contribution in [0.2, 0.25) is 5.02 Å². The lowest BCUT2D eigenvalue weighted by Gasteiger charge is -2.12. The van der Waals surface area contributed by atoms with Crippen molar-refractivity contribution in [2.75, 3.05) is 12.4 Å². The fraction of sp³-hybridized carbons (Fsp3) is 0.0952. The highest BCUT2D eigenvalue weighted by atomic mass is 35.5. The molecule has 0 aliphatic heterocycles. The minimum absolute atomic E-state index is 0.0130. The van der Waals surface area contributed by atoms with E-state index in [4.69, 9.17) is 16.3 Å². The molecule has 12 heteroatoms. The molecule has 0 unspecified atom stereocenters. The number of pyridine rings is 1. The van der Waals surface area contributed by atoms with Crippen LogP contribution in [0.5, 0.6) is 11.5 Å². The number of hydrogen-bond acceptors (Lipinski definition) is 7. The molecular weight excluding hydrogens is 461 g/mol. The molecule has 4 aromatic rings. The number of amides is 1. The zero-order valence-corrected chi connectivity index (χ0v) is 17.6. The van der Waals surface area contributed by atoms with Crippen LogP contribution in [0.4, 0.5) is 24.8 Å². The molecule has 168 valence electrons. The Balaban J connectivity index is 1.59. The molecule has 33 heavy (non-hydrogen) atoms. The second-order valence-electron chi connectivity index (χ2n) is 6.66. The molecule has 0 bridgehead atoms. The van der Waals surface area contributed by atoms with Crippen LogP contribution >= 0.6 is 11.6 Å². The summed E-state index contributed by atoms with van der Waals surface area (Å²) in [6.07, 6.45) is -3.16. The van der Waals surface area contributed by atoms with Crippen molar-refractivity contribution in [2.45, 2.75) is 6.18 Å². The first-order valence-electron chi connectivity index (χ1n) is 9.37. The van der Waals surface area contributed by atoms with Gasteiger partial charge in [0.15, 0.2) is 0 Å². The van der Waals surface area contributed by atoms with Crippen molar-refractivity contribution in [1.82, 2.24) is 25.5 Å². The number of halogens is 4. The summed E-state index contributed by atoms with van der Waals surface area (Å²) < 4.78 is 45.1. The molecule has 0 saturated heterocycles. The van der Waals surface area contributed by atoms with Gasteiger partial charge in [-0.2, -0.15) is 13.2 Å². The van der Waals surface area contributed by atoms with Crippen LogP contribution in [-0.2, 0) is 6.18 Å². The van der Waals surface area contributed by atoms with Gasteiger partial charge in [0, 0.05) is 31.1 Å². The molecular formula is C21H14ClF3N6O2. The van der Waals surface area contributed by atoms with Crippen LogP contribution in [0.1, 0.15) is 16.1 Å². The van der Waals surface area contributed by atoms with E-state index in [2.05, 4.69) is 30.8 Å². The Morgan fingerprint density at radius 3 is 2.55 bits per heavy atom. The van der Waals surface area contributed by atoms with Crippen LogP contribution in [0.3, 0.4) is 0 Å². The summed E-state index contributed by atoms with van der Waals surface area (Å²) in [5.74, 6) is 0.404. The molecule has 2 aromatic carbocycles. The zero-order chi connectivity index (χ0) is 23.6. The van der Waals surface area contributed by atoms with Gasteiger partial charge in [-0.1, -0.05) is 11.6 Å². The number of anilines is 2. The lowest BCUT2D eigenvalue weighted by atomic mass is 10.2. The van der Waals surface area contributed by atoms with Gasteiger partial charge in [0.1, 0.15) is 22.7 Å². The third-order valence-electron chi connectivity index (χ3n) is 4.38. The van der Waals surface area contributed by atoms with Crippen LogP contribution in [0.15, 0.2) is 54.7 Å². The van der Waals surface area contributed by atoms with Crippen molar-refractivity contribution in [3.63, 3.8) is 0 Å². The van der Waals surface area contributed by atoms with Crippen molar-refractivity contribution >= 4 is 40.2 Å². The van der Waals surface area contributed by atoms with Gasteiger partial charge in [-0.15, -0.1) is 10.2 Å². The monoisotopic (exact) mass is 474 g/mol. The fourth-order valence-electron chi connectivity index (χ4n) is 2.84. The smallest absolute Gasteiger partial charge is 0.417 e. The first kappa shape index (κ1) is 22.2. The fourth-order valence-corrected chi connectivity index (χ4v) is 3.07. The summed E-state index contributed by atoms with van der Waals surface area (Å²) in [7, 11) is 1.49. The number of aromatic nitrogens is 4. The van der Waals surface area contributed by atoms with E-state index < -0.39 is 16.8 Å². The maximum absolute atomic E-state index is 13.1. The van der Waals surface area contributed by atoms with E-state index in [1.165, 1.54) is 25.4 Å². The standard InChI is InChI=1S/C21H14ClF3N6O2/c1-26-19(32)18-10-13(6-7-27-18)33-12-3-5-16-17(9-12)29-20(31-30-16)28-11-2-4-15(22)14(8-11)21(23,24)25/h2-10H,1H3,(H,26,32)(H,28,29,31). The van der Waals surface area contributed by atoms with E-state index >= 15 is 0 Å². The van der Waals surface area contributed by atoms with E-state index in [0.29, 0.717) is 22.5 Å². The van der Waals surface area contributed by atoms with Crippen molar-refractivity contribution in [3.05, 3.63) is 71.0 Å². The molecule has 4 rings (SSSR count). The molecule has 2 N–H and O–H groups in total. The molecule has 1 amide bonds. The van der Waals surface area contributed by atoms with E-state index in [1.807, 2.05) is 0 Å². The summed E-state index contributed by atoms with van der Waals surface area (Å²) in [5.41, 5.74) is 0.134. The van der Waals surface area contributed by atoms with Gasteiger partial charge >= 0.3 is 6.18 Å². The molecule has 0 aliphatic carbocycles. The maximum atomic E-state index is 13.1. The van der Waals surface area contributed by atoms with E-state index in [-0.39, 0.29) is 23.2 Å². The molecule has 2 aromatic heterocycles. The minimum Gasteiger partial charge on any atom is -0.457 e. The molecule has 0 saturated carbocycles. The van der Waals surface area contributed by atoms with E-state index in [0.717, 1.165) is 12.1 Å². The summed E-state index contributed by atoms with van der Waals surface area (Å²) >= 11 is 5.65. The summed E-state index contributed by atoms with van der Waals surface area (Å²) in [6.45, 7) is 0. The Morgan fingerprint density at radius 1 is 1.00 bits per heavy atom. The first-order valence-corrected chi connectivity index (χ1v) is 9.75. The first-order chi connectivity index (χ1) is 15.7. The molecule has 0 spiro atoms. The van der Waals surface area contributed by atoms with Gasteiger partial charge in [0.2, 0.25) is 5.95 Å². The van der Waals surface area contributed by atoms with Gasteiger partial charge in [0.25, 0.3) is 5.91 Å². The largest absolute Gasteiger partial charge is 0.457 e. The predicted octanol–water partition coefficient (Wildman–Crippen LogP) is 4.99. The Hall–Kier alpha value is -3.99. The third kappa shape index (κ3) is 5.09. The average molecular weight is 475 g/mol. The number of alkyl halides is 3. The van der Waals surface area contributed by atoms with Crippen molar-refractivity contribution in [1.29, 1.82) is 0 Å². The van der Waals surface area contributed by atoms with Gasteiger partial charge in [-0.25, -0.2) is 4.98 Å². The summed E-state index contributed by atoms with van der Waals surface area (Å²) in [5, 5.41) is 12.7. The quantitative estimate of drug-likeness (QED) is 0.420. The normalized spacial score (nSPS) is 11.3. The second kappa shape index (κ2) is 8.87. The molecule has 8 nitrogen and oxygen atoms in total. The number of ether oxygens (including phenoxy) is 1. The van der Waals surface area contributed by atoms with Gasteiger partial charge in [0.05, 0.1) is 16.1 Å². The van der Waals surface area contributed by atoms with E-state index in [9.17, 15) is 18.0 Å². The third-order valence-corrected chi connectivity index (χ3v) is 4.71. The summed E-state index contributed by atoms with van der Waals surface area (Å²) in [4.78, 5) is 20.0. The zero-order valence-electron chi connectivity index (χ0n) is 16.8. The number of benzene rings is 2. The lowest BCUT2D eigenvalue weighted by molar-refractivity contribution is -0.137. The van der Waals surface area contributed by atoms with Crippen LogP contribution in [0, 0.1) is 0 Å². The summed E-state index contributed by atoms with van der Waals surface area (Å²) in [6, 6.07) is 11.3. The Bertz CT molecular complexity index is 1350. The number of nitrogens with one attached hydrogen (secondary N) is 2. The Morgan fingerprint density at radius 2 is 1.79 bits per heavy atom. The van der Waals surface area contributed by atoms with Gasteiger partial charge in [-0.05, 0) is 36.4 Å². The number of fused-ring (bicyclic) bond motifs is 1. The number of carbonyl (C=O) groups excluding carboxylic acids is 1. The molecule has 0 fully saturated rings. The van der Waals surface area contributed by atoms with Gasteiger partial charge < -0.3 is 15.4 Å². The molecule has 2 heterocycles. The predicted molar refractivity (Wildman–Crippen MR) is 115 cm³/mol. The highest BCUT2D eigenvalue weighted by Crippen LogP contribution is 2.36. The Kier molecular flexibility index (Phi) is 5.97. The van der Waals surface area contributed by atoms with Crippen molar-refractivity contribution in [2.24, 2.45) is 0 Å². The Labute approximate surface area is 189 Å². The number of hydrogen-bond donors (Lipinski definition) is 2. The lowest BCUT2D eigenvalue weighted by Crippen LogP contribution is -2.18. The van der Waals surface area contributed by atoms with Gasteiger partial charge in [-0.3, -0.25) is 9.78 Å². The maximum Gasteiger partial charge on any atom is 0.417 e. The molecule has 0 aliphatic rings. The SMILES string of the molecule is CNC(=O)c1cc(Oc2ccc3nnc(Nc4ccc(Cl)c(C(F)(F)F)c4)nc3c2)ccn1. The highest BCUT2D eigenvalue weighted by molar-refractivity contribution is 6.31. The van der Waals surface area contributed by atoms with Crippen molar-refractivity contribution in [3.8, 4) is 11.5 Å². The van der Waals surface area contributed by atoms with Crippen molar-refractivity contribution < 1.29 is 22.7 Å². The molecule has 0 radical (unpaired) electrons. The average Bonchev–Trinajstić information content (AvgIpc) is 2.79. The second-order valence-corrected chi connectivity index (χ2v) is 7.07. The minimum atomic E-state index is -4.60.